The smallest absolute Gasteiger partial charge is 0.415 e. The van der Waals surface area contributed by atoms with E-state index in [9.17, 15) is 9.59 Å². The molecule has 3 heterocycles. The van der Waals surface area contributed by atoms with E-state index in [0.717, 1.165) is 35.3 Å². The second-order valence-corrected chi connectivity index (χ2v) is 9.44. The highest BCUT2D eigenvalue weighted by Gasteiger charge is 2.33. The largest absolute Gasteiger partial charge is 0.494 e. The number of aliphatic hydroxyl groups excluding tert-OH is 1. The molecule has 204 valence electrons. The number of aliphatic hydroxyl groups is 1. The maximum Gasteiger partial charge on any atom is 0.415 e. The minimum atomic E-state index is -0.456. The molecular formula is C29H32N4O6. The van der Waals surface area contributed by atoms with Crippen LogP contribution in [0, 0.1) is 0 Å². The Morgan fingerprint density at radius 2 is 1.92 bits per heavy atom. The number of pyridine rings is 1. The number of rotatable bonds is 12. The monoisotopic (exact) mass is 532 g/mol. The van der Waals surface area contributed by atoms with E-state index in [2.05, 4.69) is 39.9 Å². The predicted octanol–water partition coefficient (Wildman–Crippen LogP) is 3.74. The lowest BCUT2D eigenvalue weighted by Gasteiger charge is -2.19. The molecule has 1 saturated heterocycles. The summed E-state index contributed by atoms with van der Waals surface area (Å²) in [6.45, 7) is 2.46. The molecule has 0 aliphatic carbocycles. The average molecular weight is 533 g/mol. The molecule has 0 saturated carbocycles. The van der Waals surface area contributed by atoms with Crippen LogP contribution in [0.1, 0.15) is 24.8 Å². The van der Waals surface area contributed by atoms with E-state index in [4.69, 9.17) is 19.3 Å². The molecule has 3 aromatic rings. The lowest BCUT2D eigenvalue weighted by atomic mass is 10.0. The summed E-state index contributed by atoms with van der Waals surface area (Å²) in [5.41, 5.74) is 3.33. The molecule has 1 fully saturated rings. The van der Waals surface area contributed by atoms with Crippen molar-refractivity contribution in [3.63, 3.8) is 0 Å². The molecule has 0 bridgehead atoms. The number of anilines is 2. The van der Waals surface area contributed by atoms with Crippen LogP contribution >= 0.6 is 0 Å². The maximum atomic E-state index is 12.5. The first kappa shape index (κ1) is 26.5. The number of unbranched alkanes of at least 4 members (excludes halogenated alkanes) is 1. The van der Waals surface area contributed by atoms with Crippen molar-refractivity contribution in [1.29, 1.82) is 0 Å². The number of nitrogens with zero attached hydrogens (tertiary/aromatic N) is 2. The van der Waals surface area contributed by atoms with Gasteiger partial charge in [-0.25, -0.2) is 9.78 Å². The highest BCUT2D eigenvalue weighted by molar-refractivity contribution is 5.95. The van der Waals surface area contributed by atoms with Crippen LogP contribution in [-0.2, 0) is 16.1 Å². The highest BCUT2D eigenvalue weighted by Crippen LogP contribution is 2.30. The quantitative estimate of drug-likeness (QED) is 0.302. The summed E-state index contributed by atoms with van der Waals surface area (Å²) in [7, 11) is 0. The van der Waals surface area contributed by atoms with Crippen LogP contribution in [0.25, 0.3) is 11.1 Å². The SMILES string of the molecule is O=C1COc2ccc(N3CC(CCNCc4cccc(-c5cccc(OCCCCO)c5)c4)OC3=O)nc2N1. The molecule has 5 rings (SSSR count). The summed E-state index contributed by atoms with van der Waals surface area (Å²) >= 11 is 0. The van der Waals surface area contributed by atoms with Crippen molar-refractivity contribution in [2.75, 3.05) is 43.1 Å². The first-order valence-electron chi connectivity index (χ1n) is 13.1. The van der Waals surface area contributed by atoms with Gasteiger partial charge in [0.25, 0.3) is 5.91 Å². The van der Waals surface area contributed by atoms with Crippen LogP contribution < -0.4 is 25.0 Å². The molecule has 2 aliphatic heterocycles. The van der Waals surface area contributed by atoms with Crippen LogP contribution in [-0.4, -0.2) is 61.1 Å². The van der Waals surface area contributed by atoms with Gasteiger partial charge in [-0.1, -0.05) is 30.3 Å². The fraction of sp³-hybridized carbons (Fsp3) is 0.345. The zero-order valence-electron chi connectivity index (χ0n) is 21.6. The Labute approximate surface area is 226 Å². The zero-order chi connectivity index (χ0) is 27.0. The summed E-state index contributed by atoms with van der Waals surface area (Å²) < 4.78 is 16.7. The number of carbonyl (C=O) groups is 2. The van der Waals surface area contributed by atoms with Gasteiger partial charge < -0.3 is 30.0 Å². The van der Waals surface area contributed by atoms with E-state index in [1.54, 1.807) is 12.1 Å². The van der Waals surface area contributed by atoms with Crippen LogP contribution in [0.3, 0.4) is 0 Å². The third kappa shape index (κ3) is 6.84. The van der Waals surface area contributed by atoms with Crippen molar-refractivity contribution in [1.82, 2.24) is 10.3 Å². The Morgan fingerprint density at radius 3 is 2.79 bits per heavy atom. The Kier molecular flexibility index (Phi) is 8.55. The zero-order valence-corrected chi connectivity index (χ0v) is 21.6. The number of nitrogens with one attached hydrogen (secondary N) is 2. The summed E-state index contributed by atoms with van der Waals surface area (Å²) in [6, 6.07) is 19.7. The van der Waals surface area contributed by atoms with Gasteiger partial charge in [-0.3, -0.25) is 9.69 Å². The van der Waals surface area contributed by atoms with E-state index < -0.39 is 6.09 Å². The molecule has 1 atom stereocenters. The second-order valence-electron chi connectivity index (χ2n) is 9.44. The fourth-order valence-electron chi connectivity index (χ4n) is 4.49. The third-order valence-electron chi connectivity index (χ3n) is 6.50. The van der Waals surface area contributed by atoms with E-state index in [-0.39, 0.29) is 25.2 Å². The van der Waals surface area contributed by atoms with Gasteiger partial charge in [0.15, 0.2) is 18.2 Å². The summed E-state index contributed by atoms with van der Waals surface area (Å²) in [5, 5.41) is 15.0. The van der Waals surface area contributed by atoms with Crippen molar-refractivity contribution < 1.29 is 28.9 Å². The Hall–Kier alpha value is -4.15. The van der Waals surface area contributed by atoms with E-state index >= 15 is 0 Å². The van der Waals surface area contributed by atoms with E-state index in [1.807, 2.05) is 24.3 Å². The minimum absolute atomic E-state index is 0.0476. The summed E-state index contributed by atoms with van der Waals surface area (Å²) in [6.07, 6.45) is 1.49. The Balaban J connectivity index is 1.10. The summed E-state index contributed by atoms with van der Waals surface area (Å²) in [5.74, 6) is 1.74. The topological polar surface area (TPSA) is 122 Å². The van der Waals surface area contributed by atoms with Crippen molar-refractivity contribution >= 4 is 23.6 Å². The lowest BCUT2D eigenvalue weighted by Crippen LogP contribution is -2.29. The van der Waals surface area contributed by atoms with E-state index in [1.165, 1.54) is 4.90 Å². The molecule has 2 aliphatic rings. The molecule has 2 amide bonds. The van der Waals surface area contributed by atoms with Crippen molar-refractivity contribution in [2.45, 2.75) is 31.9 Å². The number of hydrogen-bond donors (Lipinski definition) is 3. The third-order valence-corrected chi connectivity index (χ3v) is 6.50. The maximum absolute atomic E-state index is 12.5. The number of aromatic nitrogens is 1. The Bertz CT molecular complexity index is 1320. The molecule has 10 heteroatoms. The van der Waals surface area contributed by atoms with Crippen LogP contribution in [0.2, 0.25) is 0 Å². The highest BCUT2D eigenvalue weighted by atomic mass is 16.6. The lowest BCUT2D eigenvalue weighted by molar-refractivity contribution is -0.118. The van der Waals surface area contributed by atoms with Gasteiger partial charge in [0.2, 0.25) is 0 Å². The fourth-order valence-corrected chi connectivity index (χ4v) is 4.49. The molecule has 10 nitrogen and oxygen atoms in total. The molecular weight excluding hydrogens is 500 g/mol. The van der Waals surface area contributed by atoms with Gasteiger partial charge in [-0.05, 0) is 72.8 Å². The average Bonchev–Trinajstić information content (AvgIpc) is 3.33. The molecule has 3 N–H and O–H groups in total. The van der Waals surface area contributed by atoms with Crippen molar-refractivity contribution in [3.05, 3.63) is 66.2 Å². The van der Waals surface area contributed by atoms with Crippen molar-refractivity contribution in [2.24, 2.45) is 0 Å². The van der Waals surface area contributed by atoms with Gasteiger partial charge in [0.05, 0.1) is 13.2 Å². The van der Waals surface area contributed by atoms with Gasteiger partial charge >= 0.3 is 6.09 Å². The first-order valence-corrected chi connectivity index (χ1v) is 13.1. The van der Waals surface area contributed by atoms with Gasteiger partial charge in [-0.15, -0.1) is 0 Å². The van der Waals surface area contributed by atoms with Crippen molar-refractivity contribution in [3.8, 4) is 22.6 Å². The number of ether oxygens (including phenoxy) is 3. The van der Waals surface area contributed by atoms with Gasteiger partial charge in [0, 0.05) is 13.2 Å². The minimum Gasteiger partial charge on any atom is -0.494 e. The molecule has 39 heavy (non-hydrogen) atoms. The number of fused-ring (bicyclic) bond motifs is 1. The number of hydrogen-bond acceptors (Lipinski definition) is 8. The van der Waals surface area contributed by atoms with Crippen LogP contribution in [0.15, 0.2) is 60.7 Å². The molecule has 1 unspecified atom stereocenters. The van der Waals surface area contributed by atoms with E-state index in [0.29, 0.717) is 50.0 Å². The second kappa shape index (κ2) is 12.6. The molecule has 2 aromatic carbocycles. The molecule has 0 radical (unpaired) electrons. The predicted molar refractivity (Wildman–Crippen MR) is 146 cm³/mol. The number of benzene rings is 2. The number of cyclic esters (lactones) is 1. The number of carbonyl (C=O) groups excluding carboxylic acids is 2. The van der Waals surface area contributed by atoms with Gasteiger partial charge in [0.1, 0.15) is 17.7 Å². The Morgan fingerprint density at radius 1 is 1.08 bits per heavy atom. The number of amides is 2. The van der Waals surface area contributed by atoms with Crippen LogP contribution in [0.4, 0.5) is 16.4 Å². The standard InChI is InChI=1S/C29H32N4O6/c34-13-1-2-14-37-23-8-4-7-22(16-23)21-6-3-5-20(15-21)17-30-12-11-24-18-33(29(36)39-24)26-10-9-25-28(31-26)32-27(35)19-38-25/h3-10,15-16,24,30,34H,1-2,11-14,17-19H2,(H,31,32,35). The molecule has 1 aromatic heterocycles. The summed E-state index contributed by atoms with van der Waals surface area (Å²) in [4.78, 5) is 29.9. The van der Waals surface area contributed by atoms with Gasteiger partial charge in [-0.2, -0.15) is 0 Å². The first-order chi connectivity index (χ1) is 19.1. The van der Waals surface area contributed by atoms with Crippen LogP contribution in [0.5, 0.6) is 11.5 Å². The normalized spacial score (nSPS) is 16.3. The molecule has 0 spiro atoms.